The number of aromatic hydroxyl groups is 1. The van der Waals surface area contributed by atoms with Gasteiger partial charge in [-0.05, 0) is 55.3 Å². The Balaban J connectivity index is 1.50. The summed E-state index contributed by atoms with van der Waals surface area (Å²) >= 11 is 0. The highest BCUT2D eigenvalue weighted by Crippen LogP contribution is 2.32. The number of amides is 1. The van der Waals surface area contributed by atoms with Crippen molar-refractivity contribution in [2.75, 3.05) is 17.7 Å². The lowest BCUT2D eigenvalue weighted by molar-refractivity contribution is 0.102. The van der Waals surface area contributed by atoms with E-state index in [0.29, 0.717) is 28.5 Å². The topological polar surface area (TPSA) is 109 Å². The van der Waals surface area contributed by atoms with E-state index in [2.05, 4.69) is 25.6 Å². The molecule has 1 amide bonds. The fourth-order valence-corrected chi connectivity index (χ4v) is 3.53. The van der Waals surface area contributed by atoms with Crippen molar-refractivity contribution in [1.82, 2.24) is 15.0 Å². The van der Waals surface area contributed by atoms with Crippen LogP contribution in [0.2, 0.25) is 0 Å². The van der Waals surface area contributed by atoms with Crippen molar-refractivity contribution >= 4 is 17.4 Å². The molecule has 2 aromatic carbocycles. The van der Waals surface area contributed by atoms with Gasteiger partial charge in [-0.15, -0.1) is 0 Å². The number of phenols is 1. The minimum absolute atomic E-state index is 0.108. The number of nitrogens with one attached hydrogen (secondary N) is 2. The van der Waals surface area contributed by atoms with Gasteiger partial charge in [0.15, 0.2) is 0 Å². The first kappa shape index (κ1) is 22.7. The molecule has 8 nitrogen and oxygen atoms in total. The van der Waals surface area contributed by atoms with Crippen LogP contribution in [0.5, 0.6) is 11.5 Å². The number of aromatic nitrogens is 3. The number of benzene rings is 2. The van der Waals surface area contributed by atoms with Crippen LogP contribution in [0.1, 0.15) is 34.5 Å². The highest BCUT2D eigenvalue weighted by Gasteiger charge is 2.13. The number of aryl methyl sites for hydroxylation is 1. The van der Waals surface area contributed by atoms with Crippen molar-refractivity contribution < 1.29 is 14.6 Å². The Kier molecular flexibility index (Phi) is 6.68. The molecule has 34 heavy (non-hydrogen) atoms. The van der Waals surface area contributed by atoms with Crippen molar-refractivity contribution in [2.45, 2.75) is 19.9 Å². The zero-order valence-electron chi connectivity index (χ0n) is 19.1. The summed E-state index contributed by atoms with van der Waals surface area (Å²) in [5.74, 6) is 0.990. The van der Waals surface area contributed by atoms with E-state index in [4.69, 9.17) is 4.74 Å². The number of carbonyl (C=O) groups excluding carboxylic acids is 1. The number of phenolic OH excluding ortho intramolecular Hbond substituents is 1. The Morgan fingerprint density at radius 3 is 2.65 bits per heavy atom. The van der Waals surface area contributed by atoms with Crippen LogP contribution in [0.3, 0.4) is 0 Å². The molecule has 0 fully saturated rings. The van der Waals surface area contributed by atoms with Gasteiger partial charge in [-0.25, -0.2) is 4.98 Å². The number of carbonyl (C=O) groups is 1. The third-order valence-corrected chi connectivity index (χ3v) is 5.24. The molecular weight excluding hydrogens is 430 g/mol. The van der Waals surface area contributed by atoms with Gasteiger partial charge in [0.25, 0.3) is 5.91 Å². The quantitative estimate of drug-likeness (QED) is 0.360. The van der Waals surface area contributed by atoms with Gasteiger partial charge in [0.1, 0.15) is 17.3 Å². The largest absolute Gasteiger partial charge is 0.508 e. The maximum Gasteiger partial charge on any atom is 0.257 e. The number of hydrogen-bond donors (Lipinski definition) is 3. The van der Waals surface area contributed by atoms with Crippen molar-refractivity contribution in [3.63, 3.8) is 0 Å². The summed E-state index contributed by atoms with van der Waals surface area (Å²) in [5, 5.41) is 16.0. The van der Waals surface area contributed by atoms with Gasteiger partial charge in [-0.3, -0.25) is 14.8 Å². The molecule has 0 bridgehead atoms. The molecule has 2 aromatic heterocycles. The lowest BCUT2D eigenvalue weighted by atomic mass is 10.1. The average Bonchev–Trinajstić information content (AvgIpc) is 2.84. The maximum atomic E-state index is 12.6. The second kappa shape index (κ2) is 9.99. The number of pyridine rings is 1. The third kappa shape index (κ3) is 5.29. The molecule has 2 heterocycles. The van der Waals surface area contributed by atoms with E-state index in [9.17, 15) is 9.90 Å². The van der Waals surface area contributed by atoms with E-state index >= 15 is 0 Å². The summed E-state index contributed by atoms with van der Waals surface area (Å²) in [7, 11) is 1.54. The normalized spacial score (nSPS) is 11.5. The van der Waals surface area contributed by atoms with E-state index in [1.54, 1.807) is 43.0 Å². The molecule has 0 spiro atoms. The Labute approximate surface area is 197 Å². The number of hydrogen-bond acceptors (Lipinski definition) is 7. The first-order valence-corrected chi connectivity index (χ1v) is 10.7. The van der Waals surface area contributed by atoms with Crippen LogP contribution in [0.15, 0.2) is 73.3 Å². The molecule has 4 rings (SSSR count). The van der Waals surface area contributed by atoms with Gasteiger partial charge in [-0.1, -0.05) is 12.1 Å². The Bertz CT molecular complexity index is 1330. The van der Waals surface area contributed by atoms with E-state index in [0.717, 1.165) is 16.7 Å². The zero-order chi connectivity index (χ0) is 24.1. The number of methoxy groups -OCH3 is 1. The van der Waals surface area contributed by atoms with E-state index in [1.165, 1.54) is 13.2 Å². The smallest absolute Gasteiger partial charge is 0.257 e. The third-order valence-electron chi connectivity index (χ3n) is 5.24. The SMILES string of the molecule is COc1cc(O)ccc1-c1cncc(N[C@@H](C)c2cccc(NC(=O)c3cncc(C)c3)c2)n1. The van der Waals surface area contributed by atoms with Crippen LogP contribution in [-0.4, -0.2) is 33.1 Å². The first-order valence-electron chi connectivity index (χ1n) is 10.7. The van der Waals surface area contributed by atoms with Crippen molar-refractivity contribution in [3.8, 4) is 22.8 Å². The lowest BCUT2D eigenvalue weighted by Gasteiger charge is -2.17. The van der Waals surface area contributed by atoms with Gasteiger partial charge in [0.2, 0.25) is 0 Å². The molecule has 172 valence electrons. The van der Waals surface area contributed by atoms with Crippen molar-refractivity contribution in [2.24, 2.45) is 0 Å². The minimum Gasteiger partial charge on any atom is -0.508 e. The van der Waals surface area contributed by atoms with Gasteiger partial charge < -0.3 is 20.5 Å². The lowest BCUT2D eigenvalue weighted by Crippen LogP contribution is -2.13. The molecule has 0 saturated heterocycles. The van der Waals surface area contributed by atoms with E-state index in [1.807, 2.05) is 38.1 Å². The molecule has 0 aliphatic carbocycles. The first-order chi connectivity index (χ1) is 16.4. The summed E-state index contributed by atoms with van der Waals surface area (Å²) in [6.45, 7) is 3.90. The van der Waals surface area contributed by atoms with E-state index in [-0.39, 0.29) is 17.7 Å². The number of anilines is 2. The number of rotatable bonds is 7. The highest BCUT2D eigenvalue weighted by molar-refractivity contribution is 6.04. The summed E-state index contributed by atoms with van der Waals surface area (Å²) in [6.07, 6.45) is 6.54. The van der Waals surface area contributed by atoms with Gasteiger partial charge >= 0.3 is 0 Å². The molecule has 0 radical (unpaired) electrons. The Hall–Kier alpha value is -4.46. The zero-order valence-corrected chi connectivity index (χ0v) is 19.1. The minimum atomic E-state index is -0.213. The van der Waals surface area contributed by atoms with Crippen LogP contribution < -0.4 is 15.4 Å². The van der Waals surface area contributed by atoms with Crippen LogP contribution >= 0.6 is 0 Å². The van der Waals surface area contributed by atoms with Crippen molar-refractivity contribution in [1.29, 1.82) is 0 Å². The molecular formula is C26H25N5O3. The molecule has 3 N–H and O–H groups in total. The summed E-state index contributed by atoms with van der Waals surface area (Å²) in [6, 6.07) is 14.2. The van der Waals surface area contributed by atoms with Crippen LogP contribution in [0, 0.1) is 6.92 Å². The molecule has 0 saturated carbocycles. The van der Waals surface area contributed by atoms with Crippen LogP contribution in [0.4, 0.5) is 11.5 Å². The number of ether oxygens (including phenoxy) is 1. The second-order valence-corrected chi connectivity index (χ2v) is 7.87. The van der Waals surface area contributed by atoms with Gasteiger partial charge in [-0.2, -0.15) is 0 Å². The van der Waals surface area contributed by atoms with E-state index < -0.39 is 0 Å². The molecule has 8 heteroatoms. The van der Waals surface area contributed by atoms with Crippen LogP contribution in [0.25, 0.3) is 11.3 Å². The summed E-state index contributed by atoms with van der Waals surface area (Å²) < 4.78 is 5.37. The second-order valence-electron chi connectivity index (χ2n) is 7.87. The molecule has 0 aliphatic rings. The average molecular weight is 456 g/mol. The summed E-state index contributed by atoms with van der Waals surface area (Å²) in [4.78, 5) is 25.6. The molecule has 1 atom stereocenters. The number of nitrogens with zero attached hydrogens (tertiary/aromatic N) is 3. The highest BCUT2D eigenvalue weighted by atomic mass is 16.5. The van der Waals surface area contributed by atoms with Gasteiger partial charge in [0, 0.05) is 29.7 Å². The Morgan fingerprint density at radius 1 is 1.03 bits per heavy atom. The molecule has 0 aliphatic heterocycles. The van der Waals surface area contributed by atoms with Crippen molar-refractivity contribution in [3.05, 3.63) is 90.0 Å². The summed E-state index contributed by atoms with van der Waals surface area (Å²) in [5.41, 5.74) is 4.42. The molecule has 0 unspecified atom stereocenters. The molecule has 4 aromatic rings. The standard InChI is InChI=1S/C26H25N5O3/c1-16-9-19(13-27-12-16)26(33)30-20-6-4-5-18(10-20)17(2)29-25-15-28-14-23(31-25)22-8-7-21(32)11-24(22)34-3/h4-15,17,32H,1-3H3,(H,29,31)(H,30,33)/t17-/m0/s1. The maximum absolute atomic E-state index is 12.6. The predicted octanol–water partition coefficient (Wildman–Crippen LogP) is 4.99. The fraction of sp³-hybridized carbons (Fsp3) is 0.154. The Morgan fingerprint density at radius 2 is 1.85 bits per heavy atom. The van der Waals surface area contributed by atoms with Gasteiger partial charge in [0.05, 0.1) is 36.8 Å². The monoisotopic (exact) mass is 455 g/mol. The van der Waals surface area contributed by atoms with Crippen LogP contribution in [-0.2, 0) is 0 Å². The fourth-order valence-electron chi connectivity index (χ4n) is 3.53. The predicted molar refractivity (Wildman–Crippen MR) is 131 cm³/mol.